The van der Waals surface area contributed by atoms with Gasteiger partial charge in [-0.15, -0.1) is 0 Å². The molecule has 114 heavy (non-hydrogen) atoms. The summed E-state index contributed by atoms with van der Waals surface area (Å²) in [6.07, 6.45) is 11.7. The maximum atomic E-state index is 2.92. The molecule has 8 heteroatoms. The Bertz CT molecular complexity index is 6060. The van der Waals surface area contributed by atoms with Crippen LogP contribution in [0.3, 0.4) is 0 Å². The number of hydrogen-bond acceptors (Lipinski definition) is 6. The molecule has 0 amide bonds. The van der Waals surface area contributed by atoms with E-state index in [9.17, 15) is 0 Å². The summed E-state index contributed by atoms with van der Waals surface area (Å²) in [4.78, 5) is 16.1. The van der Waals surface area contributed by atoms with Gasteiger partial charge in [-0.1, -0.05) is 249 Å². The van der Waals surface area contributed by atoms with E-state index in [2.05, 4.69) is 392 Å². The predicted molar refractivity (Wildman–Crippen MR) is 486 cm³/mol. The molecule has 0 N–H and O–H groups in total. The van der Waals surface area contributed by atoms with Crippen LogP contribution in [0.2, 0.25) is 0 Å². The lowest BCUT2D eigenvalue weighted by atomic mass is 9.33. The summed E-state index contributed by atoms with van der Waals surface area (Å²) in [5.41, 5.74) is 41.2. The summed E-state index contributed by atoms with van der Waals surface area (Å²) in [6.45, 7) is 29.3. The SMILES string of the molecule is Cc1ccccc1N(c1ccc2c(c1)N(c1ccccc1)c1cccc3c1B2c1cccc2c1N3C1(C)CCCCC21CCC(C)(C)c1ccc(N(c2ccc3c(c2)N(c2ccccc2)c2cccc4c2B3c2cccc3c2N4C2(C)CCCCC32C)c2c(C)cc(C(C)(C)C)cc2C)cc1)c1cc(-c2ccccc2)ccc1C. The van der Waals surface area contributed by atoms with Crippen LogP contribution in [0.5, 0.6) is 0 Å². The van der Waals surface area contributed by atoms with E-state index in [0.29, 0.717) is 0 Å². The Morgan fingerprint density at radius 2 is 0.851 bits per heavy atom. The molecule has 0 aromatic heterocycles. The lowest BCUT2D eigenvalue weighted by molar-refractivity contribution is 0.152. The molecule has 2 saturated carbocycles. The number of nitrogens with zero attached hydrogens (tertiary/aromatic N) is 6. The fourth-order valence-electron chi connectivity index (χ4n) is 23.5. The molecule has 0 spiro atoms. The maximum absolute atomic E-state index is 2.92. The molecule has 0 radical (unpaired) electrons. The van der Waals surface area contributed by atoms with Crippen LogP contribution >= 0.6 is 0 Å². The molecule has 6 heterocycles. The van der Waals surface area contributed by atoms with E-state index in [-0.39, 0.29) is 46.2 Å². The molecule has 0 bridgehead atoms. The van der Waals surface area contributed by atoms with E-state index in [1.54, 1.807) is 5.56 Å². The first kappa shape index (κ1) is 70.6. The zero-order chi connectivity index (χ0) is 77.7. The van der Waals surface area contributed by atoms with Crippen LogP contribution in [0.4, 0.5) is 91.0 Å². The van der Waals surface area contributed by atoms with Gasteiger partial charge in [0.05, 0.1) is 16.8 Å². The summed E-state index contributed by atoms with van der Waals surface area (Å²) < 4.78 is 0. The van der Waals surface area contributed by atoms with Gasteiger partial charge in [0.15, 0.2) is 0 Å². The normalized spacial score (nSPS) is 20.3. The van der Waals surface area contributed by atoms with Gasteiger partial charge in [0, 0.05) is 96.1 Å². The topological polar surface area (TPSA) is 19.4 Å². The van der Waals surface area contributed by atoms with Crippen molar-refractivity contribution in [3.05, 3.63) is 324 Å². The zero-order valence-corrected chi connectivity index (χ0v) is 68.5. The van der Waals surface area contributed by atoms with Gasteiger partial charge in [0.1, 0.15) is 0 Å². The van der Waals surface area contributed by atoms with Crippen molar-refractivity contribution in [1.29, 1.82) is 0 Å². The molecule has 21 rings (SSSR count). The van der Waals surface area contributed by atoms with Crippen molar-refractivity contribution in [2.45, 2.75) is 180 Å². The second kappa shape index (κ2) is 25.6. The van der Waals surface area contributed by atoms with Crippen molar-refractivity contribution >= 4 is 137 Å². The number of rotatable bonds is 13. The summed E-state index contributed by atoms with van der Waals surface area (Å²) >= 11 is 0. The summed E-state index contributed by atoms with van der Waals surface area (Å²) in [7, 11) is 0. The monoisotopic (exact) mass is 1480 g/mol. The van der Waals surface area contributed by atoms with Gasteiger partial charge in [0.25, 0.3) is 13.4 Å². The minimum Gasteiger partial charge on any atom is -0.335 e. The van der Waals surface area contributed by atoms with Gasteiger partial charge in [-0.05, 0) is 276 Å². The summed E-state index contributed by atoms with van der Waals surface area (Å²) in [5.74, 6) is 0. The van der Waals surface area contributed by atoms with Crippen LogP contribution in [0.15, 0.2) is 279 Å². The Morgan fingerprint density at radius 1 is 0.360 bits per heavy atom. The van der Waals surface area contributed by atoms with Gasteiger partial charge in [0.2, 0.25) is 0 Å². The number of anilines is 16. The minimum absolute atomic E-state index is 0.0124. The molecule has 6 nitrogen and oxygen atoms in total. The molecule has 562 valence electrons. The van der Waals surface area contributed by atoms with E-state index in [4.69, 9.17) is 0 Å². The Balaban J connectivity index is 0.662. The van der Waals surface area contributed by atoms with Crippen molar-refractivity contribution in [3.63, 3.8) is 0 Å². The Labute approximate surface area is 676 Å². The lowest BCUT2D eigenvalue weighted by Gasteiger charge is -2.54. The van der Waals surface area contributed by atoms with Gasteiger partial charge in [-0.2, -0.15) is 0 Å². The Morgan fingerprint density at radius 3 is 1.45 bits per heavy atom. The number of hydrogen-bond donors (Lipinski definition) is 0. The molecule has 2 fully saturated rings. The van der Waals surface area contributed by atoms with Crippen LogP contribution in [-0.2, 0) is 21.7 Å². The summed E-state index contributed by atoms with van der Waals surface area (Å²) in [5, 5.41) is 0. The van der Waals surface area contributed by atoms with Crippen LogP contribution in [-0.4, -0.2) is 24.5 Å². The molecule has 8 aliphatic rings. The number of para-hydroxylation sites is 5. The third kappa shape index (κ3) is 10.1. The number of aryl methyl sites for hydroxylation is 4. The van der Waals surface area contributed by atoms with E-state index in [1.807, 2.05) is 0 Å². The molecule has 6 aliphatic heterocycles. The quantitative estimate of drug-likeness (QED) is 0.106. The highest BCUT2D eigenvalue weighted by Gasteiger charge is 2.64. The predicted octanol–water partition coefficient (Wildman–Crippen LogP) is 24.3. The highest BCUT2D eigenvalue weighted by molar-refractivity contribution is 7.01. The first-order valence-corrected chi connectivity index (χ1v) is 42.4. The molecule has 4 unspecified atom stereocenters. The van der Waals surface area contributed by atoms with E-state index in [1.165, 1.54) is 190 Å². The van der Waals surface area contributed by atoms with Gasteiger partial charge in [-0.3, -0.25) is 0 Å². The van der Waals surface area contributed by atoms with Crippen molar-refractivity contribution in [3.8, 4) is 11.1 Å². The fourth-order valence-corrected chi connectivity index (χ4v) is 23.5. The van der Waals surface area contributed by atoms with Crippen molar-refractivity contribution in [1.82, 2.24) is 0 Å². The smallest absolute Gasteiger partial charge is 0.252 e. The third-order valence-electron chi connectivity index (χ3n) is 29.5. The molecular weight excluding hydrogens is 1380 g/mol. The Kier molecular flexibility index (Phi) is 15.9. The van der Waals surface area contributed by atoms with Crippen molar-refractivity contribution in [2.24, 2.45) is 0 Å². The molecular formula is C106H102B2N6. The lowest BCUT2D eigenvalue weighted by Crippen LogP contribution is -2.64. The third-order valence-corrected chi connectivity index (χ3v) is 29.5. The maximum Gasteiger partial charge on any atom is 0.252 e. The zero-order valence-electron chi connectivity index (χ0n) is 68.5. The molecule has 13 aromatic carbocycles. The van der Waals surface area contributed by atoms with Gasteiger partial charge < -0.3 is 29.4 Å². The second-order valence-electron chi connectivity index (χ2n) is 37.1. The molecule has 0 saturated heterocycles. The van der Waals surface area contributed by atoms with E-state index >= 15 is 0 Å². The largest absolute Gasteiger partial charge is 0.335 e. The highest BCUT2D eigenvalue weighted by atomic mass is 15.3. The number of fused-ring (bicyclic) bond motifs is 14. The number of benzene rings is 13. The van der Waals surface area contributed by atoms with Crippen LogP contribution in [0.1, 0.15) is 164 Å². The average Bonchev–Trinajstić information content (AvgIpc) is 1.49. The van der Waals surface area contributed by atoms with E-state index in [0.717, 1.165) is 48.4 Å². The van der Waals surface area contributed by atoms with Crippen molar-refractivity contribution < 1.29 is 0 Å². The first-order valence-electron chi connectivity index (χ1n) is 42.4. The second-order valence-corrected chi connectivity index (χ2v) is 37.1. The minimum atomic E-state index is -0.173. The first-order chi connectivity index (χ1) is 55.2. The van der Waals surface area contributed by atoms with Crippen LogP contribution < -0.4 is 62.2 Å². The average molecular weight is 1480 g/mol. The van der Waals surface area contributed by atoms with Gasteiger partial charge >= 0.3 is 0 Å². The fraction of sp³-hybridized carbons (Fsp3) is 0.264. The summed E-state index contributed by atoms with van der Waals surface area (Å²) in [6, 6.07) is 108. The van der Waals surface area contributed by atoms with Crippen LogP contribution in [0, 0.1) is 27.7 Å². The Hall–Kier alpha value is -11.2. The van der Waals surface area contributed by atoms with Crippen molar-refractivity contribution in [2.75, 3.05) is 29.4 Å². The van der Waals surface area contributed by atoms with Gasteiger partial charge in [-0.25, -0.2) is 0 Å². The molecule has 2 aliphatic carbocycles. The highest BCUT2D eigenvalue weighted by Crippen LogP contribution is 2.66. The van der Waals surface area contributed by atoms with Crippen LogP contribution in [0.25, 0.3) is 11.1 Å². The molecule has 13 aromatic rings. The standard InChI is InChI=1S/C106H102B2N6/c1-69-32-22-23-43-88(69)112(93-66-74(49-48-70(93)2)73-33-16-13-17-34-73)81-55-57-85-95(68-81)111(78-37-20-15-21-38-78)90-45-31-47-92-97(90)108(85)87-42-29-40-83-100(87)114(92)105(12)60-26-27-61-106(83,105)63-62-102(8,9)75-50-52-79(53-51-75)109(98-71(3)64-76(65-72(98)4)101(5,6)7)80-54-56-84-94(67-80)110(77-35-18-14-19-36-77)89-44-30-46-91-96(89)107(84)86-41-28-39-82-99(86)113(91)104(11)59-25-24-58-103(82,104)10/h13-23,28-57,64-68H,24-27,58-63H2,1-12H3. The van der Waals surface area contributed by atoms with E-state index < -0.39 is 0 Å². The molecule has 4 atom stereocenters.